The topological polar surface area (TPSA) is 68.7 Å². The van der Waals surface area contributed by atoms with Crippen LogP contribution in [-0.4, -0.2) is 59.7 Å². The number of pyridine rings is 1. The van der Waals surface area contributed by atoms with Gasteiger partial charge in [0.05, 0.1) is 23.6 Å². The predicted octanol–water partition coefficient (Wildman–Crippen LogP) is 3.64. The van der Waals surface area contributed by atoms with Gasteiger partial charge in [-0.2, -0.15) is 13.2 Å². The number of hydrogen-bond donors (Lipinski definition) is 2. The van der Waals surface area contributed by atoms with Gasteiger partial charge in [0.1, 0.15) is 5.82 Å². The van der Waals surface area contributed by atoms with E-state index in [2.05, 4.69) is 20.1 Å². The molecule has 1 aromatic heterocycles. The second-order valence-electron chi connectivity index (χ2n) is 7.64. The van der Waals surface area contributed by atoms with Gasteiger partial charge in [-0.05, 0) is 49.7 Å². The molecule has 0 spiro atoms. The molecule has 1 amide bonds. The van der Waals surface area contributed by atoms with Crippen LogP contribution in [0.1, 0.15) is 35.7 Å². The van der Waals surface area contributed by atoms with E-state index < -0.39 is 17.6 Å². The Balaban J connectivity index is 1.60. The summed E-state index contributed by atoms with van der Waals surface area (Å²) in [4.78, 5) is 21.1. The van der Waals surface area contributed by atoms with Crippen LogP contribution < -0.4 is 10.2 Å². The normalized spacial score (nSPS) is 16.6. The molecule has 1 aromatic carbocycles. The van der Waals surface area contributed by atoms with Gasteiger partial charge in [-0.15, -0.1) is 0 Å². The van der Waals surface area contributed by atoms with Gasteiger partial charge in [-0.3, -0.25) is 9.69 Å². The first-order valence-electron chi connectivity index (χ1n) is 10.4. The van der Waals surface area contributed by atoms with Gasteiger partial charge >= 0.3 is 6.18 Å². The van der Waals surface area contributed by atoms with Crippen LogP contribution in [-0.2, 0) is 6.18 Å². The number of carbonyl (C=O) groups excluding carboxylic acids is 1. The summed E-state index contributed by atoms with van der Waals surface area (Å²) in [5, 5.41) is 12.5. The molecular weight excluding hydrogens is 409 g/mol. The highest BCUT2D eigenvalue weighted by Crippen LogP contribution is 2.29. The van der Waals surface area contributed by atoms with Crippen LogP contribution in [0.4, 0.5) is 24.7 Å². The summed E-state index contributed by atoms with van der Waals surface area (Å²) >= 11 is 0. The Morgan fingerprint density at radius 2 is 2.00 bits per heavy atom. The number of β-amino-alcohol motifs (C(OH)–C–C–N with tert-alkyl or cyclic N) is 1. The molecule has 2 heterocycles. The van der Waals surface area contributed by atoms with E-state index in [0.29, 0.717) is 12.2 Å². The molecule has 0 aliphatic carbocycles. The van der Waals surface area contributed by atoms with Gasteiger partial charge in [-0.1, -0.05) is 13.0 Å². The summed E-state index contributed by atoms with van der Waals surface area (Å²) in [6.45, 7) is 5.98. The van der Waals surface area contributed by atoms with Crippen molar-refractivity contribution in [1.29, 1.82) is 0 Å². The summed E-state index contributed by atoms with van der Waals surface area (Å²) in [5.41, 5.74) is -0.523. The molecule has 6 nitrogen and oxygen atoms in total. The number of halogens is 3. The van der Waals surface area contributed by atoms with E-state index >= 15 is 0 Å². The lowest BCUT2D eigenvalue weighted by atomic mass is 10.1. The van der Waals surface area contributed by atoms with Crippen LogP contribution in [0.15, 0.2) is 42.6 Å². The highest BCUT2D eigenvalue weighted by Gasteiger charge is 2.30. The van der Waals surface area contributed by atoms with Crippen molar-refractivity contribution < 1.29 is 23.1 Å². The van der Waals surface area contributed by atoms with Crippen molar-refractivity contribution in [1.82, 2.24) is 9.88 Å². The minimum atomic E-state index is -4.50. The van der Waals surface area contributed by atoms with Crippen molar-refractivity contribution in [3.63, 3.8) is 0 Å². The maximum atomic E-state index is 12.9. The molecule has 2 N–H and O–H groups in total. The third-order valence-corrected chi connectivity index (χ3v) is 5.31. The summed E-state index contributed by atoms with van der Waals surface area (Å²) in [6.07, 6.45) is -1.63. The van der Waals surface area contributed by atoms with Gasteiger partial charge in [0, 0.05) is 31.7 Å². The Morgan fingerprint density at radius 3 is 2.68 bits per heavy atom. The van der Waals surface area contributed by atoms with Crippen molar-refractivity contribution in [2.24, 2.45) is 0 Å². The number of hydrogen-bond acceptors (Lipinski definition) is 5. The first kappa shape index (κ1) is 23.0. The zero-order chi connectivity index (χ0) is 22.4. The fourth-order valence-electron chi connectivity index (χ4n) is 3.50. The first-order valence-corrected chi connectivity index (χ1v) is 10.4. The van der Waals surface area contributed by atoms with E-state index in [1.165, 1.54) is 18.3 Å². The fraction of sp³-hybridized carbons (Fsp3) is 0.455. The SMILES string of the molecule is CCC(O)CN1CCCN(c2ccc(NC(=O)c3cccc(C(F)(F)F)c3)cn2)CC1. The first-order chi connectivity index (χ1) is 14.8. The van der Waals surface area contributed by atoms with E-state index in [1.54, 1.807) is 12.1 Å². The molecular formula is C22H27F3N4O2. The average Bonchev–Trinajstić information content (AvgIpc) is 2.99. The molecule has 168 valence electrons. The average molecular weight is 436 g/mol. The summed E-state index contributed by atoms with van der Waals surface area (Å²) < 4.78 is 38.6. The molecule has 0 bridgehead atoms. The largest absolute Gasteiger partial charge is 0.416 e. The lowest BCUT2D eigenvalue weighted by molar-refractivity contribution is -0.137. The van der Waals surface area contributed by atoms with Crippen molar-refractivity contribution in [3.05, 3.63) is 53.7 Å². The van der Waals surface area contributed by atoms with E-state index in [0.717, 1.165) is 57.0 Å². The van der Waals surface area contributed by atoms with E-state index in [1.807, 2.05) is 6.92 Å². The summed E-state index contributed by atoms with van der Waals surface area (Å²) in [5.74, 6) is 0.149. The Bertz CT molecular complexity index is 874. The number of aliphatic hydroxyl groups excluding tert-OH is 1. The number of alkyl halides is 3. The third kappa shape index (κ3) is 6.41. The molecule has 1 aliphatic rings. The van der Waals surface area contributed by atoms with Crippen LogP contribution >= 0.6 is 0 Å². The maximum absolute atomic E-state index is 12.9. The van der Waals surface area contributed by atoms with Crippen LogP contribution in [0.5, 0.6) is 0 Å². The van der Waals surface area contributed by atoms with Gasteiger partial charge < -0.3 is 15.3 Å². The zero-order valence-corrected chi connectivity index (χ0v) is 17.4. The van der Waals surface area contributed by atoms with Crippen LogP contribution in [0.25, 0.3) is 0 Å². The minimum absolute atomic E-state index is 0.0687. The van der Waals surface area contributed by atoms with Crippen molar-refractivity contribution in [2.45, 2.75) is 32.0 Å². The lowest BCUT2D eigenvalue weighted by Crippen LogP contribution is -2.35. The Morgan fingerprint density at radius 1 is 1.19 bits per heavy atom. The second kappa shape index (κ2) is 10.1. The zero-order valence-electron chi connectivity index (χ0n) is 17.4. The fourth-order valence-corrected chi connectivity index (χ4v) is 3.50. The smallest absolute Gasteiger partial charge is 0.392 e. The number of carbonyl (C=O) groups is 1. The molecule has 0 saturated carbocycles. The molecule has 1 atom stereocenters. The molecule has 3 rings (SSSR count). The van der Waals surface area contributed by atoms with Gasteiger partial charge in [-0.25, -0.2) is 4.98 Å². The Labute approximate surface area is 179 Å². The molecule has 1 saturated heterocycles. The number of amides is 1. The number of nitrogens with one attached hydrogen (secondary N) is 1. The predicted molar refractivity (Wildman–Crippen MR) is 113 cm³/mol. The van der Waals surface area contributed by atoms with Gasteiger partial charge in [0.15, 0.2) is 0 Å². The quantitative estimate of drug-likeness (QED) is 0.724. The number of nitrogens with zero attached hydrogens (tertiary/aromatic N) is 3. The number of aromatic nitrogens is 1. The minimum Gasteiger partial charge on any atom is -0.392 e. The summed E-state index contributed by atoms with van der Waals surface area (Å²) in [7, 11) is 0. The highest BCUT2D eigenvalue weighted by atomic mass is 19.4. The number of aliphatic hydroxyl groups is 1. The third-order valence-electron chi connectivity index (χ3n) is 5.31. The Kier molecular flexibility index (Phi) is 7.50. The van der Waals surface area contributed by atoms with E-state index in [9.17, 15) is 23.1 Å². The molecule has 1 fully saturated rings. The number of benzene rings is 1. The lowest BCUT2D eigenvalue weighted by Gasteiger charge is -2.24. The van der Waals surface area contributed by atoms with Crippen LogP contribution in [0.2, 0.25) is 0 Å². The number of anilines is 2. The van der Waals surface area contributed by atoms with Crippen LogP contribution in [0.3, 0.4) is 0 Å². The molecule has 31 heavy (non-hydrogen) atoms. The van der Waals surface area contributed by atoms with Crippen molar-refractivity contribution >= 4 is 17.4 Å². The molecule has 2 aromatic rings. The van der Waals surface area contributed by atoms with E-state index in [4.69, 9.17) is 0 Å². The van der Waals surface area contributed by atoms with E-state index in [-0.39, 0.29) is 11.7 Å². The highest BCUT2D eigenvalue weighted by molar-refractivity contribution is 6.04. The molecule has 1 unspecified atom stereocenters. The van der Waals surface area contributed by atoms with Gasteiger partial charge in [0.2, 0.25) is 0 Å². The number of rotatable bonds is 6. The van der Waals surface area contributed by atoms with Crippen LogP contribution in [0, 0.1) is 0 Å². The second-order valence-corrected chi connectivity index (χ2v) is 7.64. The van der Waals surface area contributed by atoms with Crippen molar-refractivity contribution in [2.75, 3.05) is 42.9 Å². The maximum Gasteiger partial charge on any atom is 0.416 e. The van der Waals surface area contributed by atoms with Gasteiger partial charge in [0.25, 0.3) is 5.91 Å². The molecule has 1 aliphatic heterocycles. The molecule has 9 heteroatoms. The Hall–Kier alpha value is -2.65. The van der Waals surface area contributed by atoms with Crippen molar-refractivity contribution in [3.8, 4) is 0 Å². The standard InChI is InChI=1S/C22H27F3N4O2/c1-2-19(30)15-28-9-4-10-29(12-11-28)20-8-7-18(14-26-20)27-21(31)16-5-3-6-17(13-16)22(23,24)25/h3,5-8,13-14,19,30H,2,4,9-12,15H2,1H3,(H,27,31). The molecule has 0 radical (unpaired) electrons. The summed E-state index contributed by atoms with van der Waals surface area (Å²) in [6, 6.07) is 7.79. The monoisotopic (exact) mass is 436 g/mol.